The minimum atomic E-state index is 0.270. The van der Waals surface area contributed by atoms with Gasteiger partial charge in [-0.25, -0.2) is 4.98 Å². The fraction of sp³-hybridized carbons (Fsp3) is 0.424. The molecule has 190 valence electrons. The summed E-state index contributed by atoms with van der Waals surface area (Å²) in [7, 11) is 0. The molecule has 6 rings (SSSR count). The highest BCUT2D eigenvalue weighted by Gasteiger charge is 2.52. The smallest absolute Gasteiger partial charge is 0.122 e. The molecule has 0 N–H and O–H groups in total. The zero-order valence-corrected chi connectivity index (χ0v) is 22.4. The summed E-state index contributed by atoms with van der Waals surface area (Å²) >= 11 is 6.00. The second-order valence-corrected chi connectivity index (χ2v) is 11.7. The molecule has 3 aromatic rings. The van der Waals surface area contributed by atoms with Crippen LogP contribution in [0, 0.1) is 24.7 Å². The van der Waals surface area contributed by atoms with Crippen LogP contribution in [-0.4, -0.2) is 34.6 Å². The molecule has 0 atom stereocenters. The van der Waals surface area contributed by atoms with Crippen molar-refractivity contribution < 1.29 is 4.74 Å². The van der Waals surface area contributed by atoms with E-state index < -0.39 is 0 Å². The standard InChI is InChI=1S/C33H35ClN2O/c1-24-20-25(8-15-30-16-12-28(21-35-30)27-10-13-29(34)14-11-27)9-17-32(24)37-23-33(18-19-33)36(22-26-6-7-26)31-4-2-3-5-31/h9-14,16-17,20-21,26,31H,2-7,18-19,22-23H2,1H3. The summed E-state index contributed by atoms with van der Waals surface area (Å²) in [6.07, 6.45) is 12.8. The van der Waals surface area contributed by atoms with Crippen molar-refractivity contribution in [2.24, 2.45) is 5.92 Å². The average molecular weight is 511 g/mol. The van der Waals surface area contributed by atoms with E-state index in [4.69, 9.17) is 16.3 Å². The van der Waals surface area contributed by atoms with Gasteiger partial charge in [0, 0.05) is 34.9 Å². The molecule has 3 saturated carbocycles. The number of aryl methyl sites for hydroxylation is 1. The number of hydrogen-bond donors (Lipinski definition) is 0. The summed E-state index contributed by atoms with van der Waals surface area (Å²) in [5.74, 6) is 8.39. The Hall–Kier alpha value is -2.80. The molecule has 2 aromatic carbocycles. The number of rotatable bonds is 8. The lowest BCUT2D eigenvalue weighted by Gasteiger charge is -2.37. The van der Waals surface area contributed by atoms with Crippen LogP contribution in [0.25, 0.3) is 11.1 Å². The Balaban J connectivity index is 1.09. The van der Waals surface area contributed by atoms with Crippen LogP contribution in [-0.2, 0) is 0 Å². The van der Waals surface area contributed by atoms with Crippen molar-refractivity contribution in [3.8, 4) is 28.7 Å². The van der Waals surface area contributed by atoms with E-state index in [0.717, 1.165) is 57.3 Å². The maximum atomic E-state index is 6.48. The van der Waals surface area contributed by atoms with Crippen LogP contribution in [0.2, 0.25) is 5.02 Å². The number of ether oxygens (including phenoxy) is 1. The molecule has 1 aromatic heterocycles. The topological polar surface area (TPSA) is 25.4 Å². The summed E-state index contributed by atoms with van der Waals surface area (Å²) in [6.45, 7) is 4.22. The molecule has 3 nitrogen and oxygen atoms in total. The van der Waals surface area contributed by atoms with Crippen molar-refractivity contribution in [1.29, 1.82) is 0 Å². The Bertz CT molecular complexity index is 1290. The van der Waals surface area contributed by atoms with Gasteiger partial charge in [-0.15, -0.1) is 0 Å². The Morgan fingerprint density at radius 2 is 1.70 bits per heavy atom. The normalized spacial score (nSPS) is 18.5. The molecule has 3 fully saturated rings. The Morgan fingerprint density at radius 3 is 2.35 bits per heavy atom. The van der Waals surface area contributed by atoms with Crippen molar-refractivity contribution in [3.63, 3.8) is 0 Å². The van der Waals surface area contributed by atoms with Gasteiger partial charge in [0.1, 0.15) is 18.1 Å². The highest BCUT2D eigenvalue weighted by Crippen LogP contribution is 2.48. The minimum absolute atomic E-state index is 0.270. The van der Waals surface area contributed by atoms with Gasteiger partial charge in [0.25, 0.3) is 0 Å². The van der Waals surface area contributed by atoms with Crippen LogP contribution in [0.5, 0.6) is 5.75 Å². The summed E-state index contributed by atoms with van der Waals surface area (Å²) in [6, 6.07) is 18.9. The third kappa shape index (κ3) is 5.87. The molecular weight excluding hydrogens is 476 g/mol. The van der Waals surface area contributed by atoms with E-state index in [-0.39, 0.29) is 5.54 Å². The molecule has 0 amide bonds. The number of benzene rings is 2. The van der Waals surface area contributed by atoms with E-state index in [0.29, 0.717) is 0 Å². The van der Waals surface area contributed by atoms with Crippen molar-refractivity contribution >= 4 is 11.6 Å². The zero-order valence-electron chi connectivity index (χ0n) is 21.7. The van der Waals surface area contributed by atoms with Crippen molar-refractivity contribution in [1.82, 2.24) is 9.88 Å². The van der Waals surface area contributed by atoms with E-state index in [1.165, 1.54) is 57.9 Å². The lowest BCUT2D eigenvalue weighted by Crippen LogP contribution is -2.48. The van der Waals surface area contributed by atoms with E-state index in [1.54, 1.807) is 0 Å². The van der Waals surface area contributed by atoms with Crippen molar-refractivity contribution in [2.45, 2.75) is 69.9 Å². The SMILES string of the molecule is Cc1cc(C#Cc2ccc(-c3ccc(Cl)cc3)cn2)ccc1OCC1(N(CC2CC2)C2CCCC2)CC1. The molecular formula is C33H35ClN2O. The summed E-state index contributed by atoms with van der Waals surface area (Å²) in [4.78, 5) is 7.41. The first-order valence-corrected chi connectivity index (χ1v) is 14.2. The molecule has 1 heterocycles. The number of pyridine rings is 1. The molecule has 0 spiro atoms. The lowest BCUT2D eigenvalue weighted by molar-refractivity contribution is 0.0707. The maximum Gasteiger partial charge on any atom is 0.122 e. The summed E-state index contributed by atoms with van der Waals surface area (Å²) < 4.78 is 6.48. The lowest BCUT2D eigenvalue weighted by atomic mass is 10.1. The second-order valence-electron chi connectivity index (χ2n) is 11.2. The fourth-order valence-corrected chi connectivity index (χ4v) is 5.83. The second kappa shape index (κ2) is 10.5. The Morgan fingerprint density at radius 1 is 0.946 bits per heavy atom. The van der Waals surface area contributed by atoms with Gasteiger partial charge in [0.15, 0.2) is 0 Å². The van der Waals surface area contributed by atoms with Gasteiger partial charge in [-0.3, -0.25) is 4.90 Å². The summed E-state index contributed by atoms with van der Waals surface area (Å²) in [5, 5.41) is 0.734. The van der Waals surface area contributed by atoms with Gasteiger partial charge in [-0.2, -0.15) is 0 Å². The first kappa shape index (κ1) is 24.5. The molecule has 0 saturated heterocycles. The fourth-order valence-electron chi connectivity index (χ4n) is 5.70. The third-order valence-corrected chi connectivity index (χ3v) is 8.55. The zero-order chi connectivity index (χ0) is 25.2. The van der Waals surface area contributed by atoms with Crippen LogP contribution >= 0.6 is 11.6 Å². The van der Waals surface area contributed by atoms with Crippen molar-refractivity contribution in [2.75, 3.05) is 13.2 Å². The minimum Gasteiger partial charge on any atom is -0.491 e. The number of halogens is 1. The van der Waals surface area contributed by atoms with E-state index in [1.807, 2.05) is 42.6 Å². The van der Waals surface area contributed by atoms with Gasteiger partial charge in [0.05, 0.1) is 5.54 Å². The molecule has 3 aliphatic carbocycles. The predicted octanol–water partition coefficient (Wildman–Crippen LogP) is 7.68. The molecule has 0 aliphatic heterocycles. The first-order valence-electron chi connectivity index (χ1n) is 13.8. The number of nitrogens with zero attached hydrogens (tertiary/aromatic N) is 2. The van der Waals surface area contributed by atoms with Crippen molar-refractivity contribution in [3.05, 3.63) is 82.6 Å². The number of hydrogen-bond acceptors (Lipinski definition) is 3. The van der Waals surface area contributed by atoms with Crippen LogP contribution in [0.4, 0.5) is 0 Å². The maximum absolute atomic E-state index is 6.48. The van der Waals surface area contributed by atoms with E-state index in [2.05, 4.69) is 46.8 Å². The summed E-state index contributed by atoms with van der Waals surface area (Å²) in [5.41, 5.74) is 5.30. The highest BCUT2D eigenvalue weighted by atomic mass is 35.5. The van der Waals surface area contributed by atoms with Gasteiger partial charge in [0.2, 0.25) is 0 Å². The molecule has 0 bridgehead atoms. The quantitative estimate of drug-likeness (QED) is 0.290. The first-order chi connectivity index (χ1) is 18.1. The monoisotopic (exact) mass is 510 g/mol. The predicted molar refractivity (Wildman–Crippen MR) is 151 cm³/mol. The highest BCUT2D eigenvalue weighted by molar-refractivity contribution is 6.30. The third-order valence-electron chi connectivity index (χ3n) is 8.30. The Labute approximate surface area is 226 Å². The van der Waals surface area contributed by atoms with Gasteiger partial charge in [-0.1, -0.05) is 48.6 Å². The van der Waals surface area contributed by atoms with Crippen LogP contribution in [0.3, 0.4) is 0 Å². The molecule has 3 aliphatic rings. The van der Waals surface area contributed by atoms with Gasteiger partial charge in [-0.05, 0) is 105 Å². The van der Waals surface area contributed by atoms with E-state index >= 15 is 0 Å². The largest absolute Gasteiger partial charge is 0.491 e. The van der Waals surface area contributed by atoms with Crippen LogP contribution in [0.1, 0.15) is 68.2 Å². The van der Waals surface area contributed by atoms with Crippen LogP contribution in [0.15, 0.2) is 60.8 Å². The Kier molecular flexibility index (Phi) is 6.98. The molecule has 0 unspecified atom stereocenters. The average Bonchev–Trinajstić information content (AvgIpc) is 3.84. The molecule has 0 radical (unpaired) electrons. The van der Waals surface area contributed by atoms with Gasteiger partial charge >= 0.3 is 0 Å². The molecule has 4 heteroatoms. The van der Waals surface area contributed by atoms with Crippen LogP contribution < -0.4 is 4.74 Å². The number of aromatic nitrogens is 1. The van der Waals surface area contributed by atoms with E-state index in [9.17, 15) is 0 Å². The molecule has 37 heavy (non-hydrogen) atoms. The van der Waals surface area contributed by atoms with Gasteiger partial charge < -0.3 is 4.74 Å².